The summed E-state index contributed by atoms with van der Waals surface area (Å²) in [7, 11) is 1.90. The zero-order chi connectivity index (χ0) is 13.4. The summed E-state index contributed by atoms with van der Waals surface area (Å²) >= 11 is 5.44. The van der Waals surface area contributed by atoms with Gasteiger partial charge in [0.05, 0.1) is 0 Å². The SMILES string of the molecule is CNC(=S)N1[C@@H]2CCC[C@@H]1CC(NC(=O)C1CC1)C2. The molecule has 5 heteroatoms. The summed E-state index contributed by atoms with van der Waals surface area (Å²) in [6, 6.07) is 1.38. The Hall–Kier alpha value is -0.840. The van der Waals surface area contributed by atoms with Gasteiger partial charge in [0.2, 0.25) is 5.91 Å². The first kappa shape index (κ1) is 13.2. The first-order valence-electron chi connectivity index (χ1n) is 7.49. The van der Waals surface area contributed by atoms with Gasteiger partial charge < -0.3 is 15.5 Å². The lowest BCUT2D eigenvalue weighted by Gasteiger charge is -2.50. The van der Waals surface area contributed by atoms with Crippen LogP contribution in [0, 0.1) is 5.92 Å². The van der Waals surface area contributed by atoms with Crippen molar-refractivity contribution in [3.8, 4) is 0 Å². The number of carbonyl (C=O) groups is 1. The largest absolute Gasteiger partial charge is 0.366 e. The molecule has 4 nitrogen and oxygen atoms in total. The van der Waals surface area contributed by atoms with Crippen LogP contribution in [0.25, 0.3) is 0 Å². The maximum Gasteiger partial charge on any atom is 0.223 e. The minimum Gasteiger partial charge on any atom is -0.366 e. The molecular weight excluding hydrogens is 258 g/mol. The fraction of sp³-hybridized carbons (Fsp3) is 0.857. The maximum atomic E-state index is 11.9. The minimum atomic E-state index is 0.285. The molecule has 0 radical (unpaired) electrons. The minimum absolute atomic E-state index is 0.285. The smallest absolute Gasteiger partial charge is 0.223 e. The highest BCUT2D eigenvalue weighted by Gasteiger charge is 2.40. The molecule has 2 aliphatic heterocycles. The Morgan fingerprint density at radius 3 is 2.32 bits per heavy atom. The second-order valence-electron chi connectivity index (χ2n) is 6.15. The molecule has 0 aromatic heterocycles. The Morgan fingerprint density at radius 2 is 1.79 bits per heavy atom. The molecule has 3 fully saturated rings. The number of fused-ring (bicyclic) bond motifs is 2. The van der Waals surface area contributed by atoms with Crippen LogP contribution in [0.2, 0.25) is 0 Å². The molecule has 2 heterocycles. The van der Waals surface area contributed by atoms with Crippen molar-refractivity contribution in [2.75, 3.05) is 7.05 Å². The first-order valence-corrected chi connectivity index (χ1v) is 7.90. The number of piperidine rings is 2. The lowest BCUT2D eigenvalue weighted by atomic mass is 9.82. The van der Waals surface area contributed by atoms with E-state index in [0.717, 1.165) is 30.8 Å². The van der Waals surface area contributed by atoms with Crippen LogP contribution in [0.5, 0.6) is 0 Å². The Morgan fingerprint density at radius 1 is 1.16 bits per heavy atom. The van der Waals surface area contributed by atoms with Gasteiger partial charge in [-0.15, -0.1) is 0 Å². The van der Waals surface area contributed by atoms with E-state index in [4.69, 9.17) is 12.2 Å². The van der Waals surface area contributed by atoms with Gasteiger partial charge in [-0.3, -0.25) is 4.79 Å². The van der Waals surface area contributed by atoms with Crippen LogP contribution in [-0.2, 0) is 4.79 Å². The fourth-order valence-electron chi connectivity index (χ4n) is 3.62. The van der Waals surface area contributed by atoms with E-state index in [9.17, 15) is 4.79 Å². The summed E-state index contributed by atoms with van der Waals surface area (Å²) in [5.41, 5.74) is 0. The Balaban J connectivity index is 1.63. The fourth-order valence-corrected chi connectivity index (χ4v) is 3.92. The average molecular weight is 281 g/mol. The molecule has 2 bridgehead atoms. The molecule has 3 aliphatic rings. The summed E-state index contributed by atoms with van der Waals surface area (Å²) in [6.07, 6.45) is 7.97. The molecule has 0 spiro atoms. The van der Waals surface area contributed by atoms with E-state index >= 15 is 0 Å². The number of hydrogen-bond donors (Lipinski definition) is 2. The molecule has 1 amide bonds. The van der Waals surface area contributed by atoms with Crippen molar-refractivity contribution in [2.24, 2.45) is 5.92 Å². The zero-order valence-electron chi connectivity index (χ0n) is 11.5. The number of rotatable bonds is 2. The van der Waals surface area contributed by atoms with E-state index in [-0.39, 0.29) is 5.91 Å². The van der Waals surface area contributed by atoms with E-state index in [2.05, 4.69) is 15.5 Å². The van der Waals surface area contributed by atoms with Crippen LogP contribution in [-0.4, -0.2) is 41.1 Å². The van der Waals surface area contributed by atoms with Crippen molar-refractivity contribution in [2.45, 2.75) is 63.1 Å². The van der Waals surface area contributed by atoms with Gasteiger partial charge in [-0.05, 0) is 57.2 Å². The molecule has 2 saturated heterocycles. The van der Waals surface area contributed by atoms with Gasteiger partial charge in [-0.25, -0.2) is 0 Å². The van der Waals surface area contributed by atoms with Crippen molar-refractivity contribution in [1.82, 2.24) is 15.5 Å². The average Bonchev–Trinajstić information content (AvgIpc) is 3.21. The van der Waals surface area contributed by atoms with Crippen molar-refractivity contribution in [3.05, 3.63) is 0 Å². The molecule has 1 saturated carbocycles. The highest BCUT2D eigenvalue weighted by atomic mass is 32.1. The summed E-state index contributed by atoms with van der Waals surface area (Å²) in [4.78, 5) is 14.3. The zero-order valence-corrected chi connectivity index (χ0v) is 12.3. The van der Waals surface area contributed by atoms with Crippen LogP contribution in [0.1, 0.15) is 44.9 Å². The van der Waals surface area contributed by atoms with E-state index in [1.165, 1.54) is 19.3 Å². The van der Waals surface area contributed by atoms with E-state index in [0.29, 0.717) is 24.0 Å². The Labute approximate surface area is 120 Å². The van der Waals surface area contributed by atoms with Crippen LogP contribution >= 0.6 is 12.2 Å². The van der Waals surface area contributed by atoms with E-state index in [1.54, 1.807) is 0 Å². The van der Waals surface area contributed by atoms with Crippen LogP contribution < -0.4 is 10.6 Å². The summed E-state index contributed by atoms with van der Waals surface area (Å²) in [5.74, 6) is 0.601. The van der Waals surface area contributed by atoms with Gasteiger partial charge in [0, 0.05) is 31.1 Å². The molecule has 1 aliphatic carbocycles. The summed E-state index contributed by atoms with van der Waals surface area (Å²) < 4.78 is 0. The topological polar surface area (TPSA) is 44.4 Å². The number of amides is 1. The van der Waals surface area contributed by atoms with Gasteiger partial charge in [0.15, 0.2) is 5.11 Å². The number of carbonyl (C=O) groups excluding carboxylic acids is 1. The van der Waals surface area contributed by atoms with E-state index in [1.807, 2.05) is 7.05 Å². The number of nitrogens with one attached hydrogen (secondary N) is 2. The number of nitrogens with zero attached hydrogens (tertiary/aromatic N) is 1. The molecule has 0 aromatic rings. The first-order chi connectivity index (χ1) is 9.19. The summed E-state index contributed by atoms with van der Waals surface area (Å²) in [6.45, 7) is 0. The molecule has 3 rings (SSSR count). The van der Waals surface area contributed by atoms with Gasteiger partial charge >= 0.3 is 0 Å². The quantitative estimate of drug-likeness (QED) is 0.751. The third kappa shape index (κ3) is 2.71. The summed E-state index contributed by atoms with van der Waals surface area (Å²) in [5, 5.41) is 7.25. The van der Waals surface area contributed by atoms with Crippen molar-refractivity contribution >= 4 is 23.2 Å². The van der Waals surface area contributed by atoms with Crippen LogP contribution in [0.15, 0.2) is 0 Å². The van der Waals surface area contributed by atoms with Crippen molar-refractivity contribution < 1.29 is 4.79 Å². The molecule has 2 atom stereocenters. The highest BCUT2D eigenvalue weighted by Crippen LogP contribution is 2.35. The highest BCUT2D eigenvalue weighted by molar-refractivity contribution is 7.80. The second-order valence-corrected chi connectivity index (χ2v) is 6.54. The van der Waals surface area contributed by atoms with Crippen molar-refractivity contribution in [3.63, 3.8) is 0 Å². The normalized spacial score (nSPS) is 33.7. The predicted molar refractivity (Wildman–Crippen MR) is 78.8 cm³/mol. The van der Waals surface area contributed by atoms with Gasteiger partial charge in [-0.2, -0.15) is 0 Å². The Bertz CT molecular complexity index is 369. The van der Waals surface area contributed by atoms with E-state index < -0.39 is 0 Å². The number of thiocarbonyl (C=S) groups is 1. The lowest BCUT2D eigenvalue weighted by molar-refractivity contribution is -0.123. The van der Waals surface area contributed by atoms with Crippen molar-refractivity contribution in [1.29, 1.82) is 0 Å². The third-order valence-electron chi connectivity index (χ3n) is 4.72. The van der Waals surface area contributed by atoms with Gasteiger partial charge in [0.25, 0.3) is 0 Å². The number of hydrogen-bond acceptors (Lipinski definition) is 2. The van der Waals surface area contributed by atoms with Crippen LogP contribution in [0.4, 0.5) is 0 Å². The molecule has 106 valence electrons. The molecular formula is C14H23N3OS. The second kappa shape index (κ2) is 5.27. The van der Waals surface area contributed by atoms with Crippen LogP contribution in [0.3, 0.4) is 0 Å². The third-order valence-corrected chi connectivity index (χ3v) is 5.13. The predicted octanol–water partition coefficient (Wildman–Crippen LogP) is 1.40. The lowest BCUT2D eigenvalue weighted by Crippen LogP contribution is -2.60. The molecule has 0 aromatic carbocycles. The molecule has 0 unspecified atom stereocenters. The Kier molecular flexibility index (Phi) is 3.65. The molecule has 2 N–H and O–H groups in total. The monoisotopic (exact) mass is 281 g/mol. The van der Waals surface area contributed by atoms with Gasteiger partial charge in [0.1, 0.15) is 0 Å². The van der Waals surface area contributed by atoms with Gasteiger partial charge in [-0.1, -0.05) is 0 Å². The maximum absolute atomic E-state index is 11.9. The molecule has 19 heavy (non-hydrogen) atoms. The standard InChI is InChI=1S/C14H23N3OS/c1-15-14(19)17-11-3-2-4-12(17)8-10(7-11)16-13(18)9-5-6-9/h9-12H,2-8H2,1H3,(H,15,19)(H,16,18)/t11-,12-/m1/s1.